The molecule has 0 unspecified atom stereocenters. The van der Waals surface area contributed by atoms with E-state index in [1.165, 1.54) is 0 Å². The summed E-state index contributed by atoms with van der Waals surface area (Å²) in [5.74, 6) is 0.910. The molecule has 0 aliphatic carbocycles. The fourth-order valence-corrected chi connectivity index (χ4v) is 2.72. The van der Waals surface area contributed by atoms with E-state index in [0.717, 1.165) is 58.1 Å². The summed E-state index contributed by atoms with van der Waals surface area (Å²) in [6.07, 6.45) is 2.64. The maximum Gasteiger partial charge on any atom is 0.191 e. The second-order valence-corrected chi connectivity index (χ2v) is 7.86. The number of aliphatic imine (C=N–C) groups is 1. The highest BCUT2D eigenvalue weighted by atomic mass is 16.5. The summed E-state index contributed by atoms with van der Waals surface area (Å²) in [7, 11) is 1.84. The number of likely N-dealkylation sites (tertiary alicyclic amines) is 1. The van der Waals surface area contributed by atoms with Crippen LogP contribution >= 0.6 is 0 Å². The van der Waals surface area contributed by atoms with Crippen molar-refractivity contribution in [3.63, 3.8) is 0 Å². The number of nitrogens with one attached hydrogen (secondary N) is 3. The van der Waals surface area contributed by atoms with Gasteiger partial charge in [0, 0.05) is 51.4 Å². The van der Waals surface area contributed by atoms with E-state index in [2.05, 4.69) is 60.5 Å². The van der Waals surface area contributed by atoms with Crippen LogP contribution in [0.25, 0.3) is 0 Å². The van der Waals surface area contributed by atoms with E-state index >= 15 is 0 Å². The second-order valence-electron chi connectivity index (χ2n) is 7.86. The van der Waals surface area contributed by atoms with Gasteiger partial charge in [-0.1, -0.05) is 0 Å². The summed E-state index contributed by atoms with van der Waals surface area (Å²) >= 11 is 0. The van der Waals surface area contributed by atoms with Crippen LogP contribution in [0.15, 0.2) is 4.99 Å². The van der Waals surface area contributed by atoms with Crippen LogP contribution in [-0.2, 0) is 4.74 Å². The van der Waals surface area contributed by atoms with E-state index < -0.39 is 0 Å². The maximum absolute atomic E-state index is 5.64. The summed E-state index contributed by atoms with van der Waals surface area (Å²) in [5.41, 5.74) is 0.157. The SMILES string of the molecule is CN=C(NCCNC(C)(C)C)NC1CCN(CCOC(C)C)CC1. The highest BCUT2D eigenvalue weighted by Gasteiger charge is 2.19. The summed E-state index contributed by atoms with van der Waals surface area (Å²) in [5, 5.41) is 10.4. The molecule has 1 fully saturated rings. The molecule has 1 aliphatic rings. The number of hydrogen-bond acceptors (Lipinski definition) is 4. The van der Waals surface area contributed by atoms with Crippen LogP contribution in [0.2, 0.25) is 0 Å². The molecule has 24 heavy (non-hydrogen) atoms. The Morgan fingerprint density at radius 1 is 1.21 bits per heavy atom. The number of hydrogen-bond donors (Lipinski definition) is 3. The molecule has 0 aromatic rings. The van der Waals surface area contributed by atoms with Crippen molar-refractivity contribution in [1.29, 1.82) is 0 Å². The third-order valence-electron chi connectivity index (χ3n) is 4.08. The average Bonchev–Trinajstić information content (AvgIpc) is 2.50. The molecule has 1 heterocycles. The normalized spacial score (nSPS) is 18.2. The minimum atomic E-state index is 0.157. The fourth-order valence-electron chi connectivity index (χ4n) is 2.72. The van der Waals surface area contributed by atoms with Gasteiger partial charge in [0.15, 0.2) is 5.96 Å². The molecular formula is C18H39N5O. The first-order valence-electron chi connectivity index (χ1n) is 9.36. The topological polar surface area (TPSA) is 60.9 Å². The molecule has 0 aromatic carbocycles. The predicted octanol–water partition coefficient (Wildman–Crippen LogP) is 1.43. The molecule has 1 saturated heterocycles. The van der Waals surface area contributed by atoms with Gasteiger partial charge >= 0.3 is 0 Å². The molecule has 6 nitrogen and oxygen atoms in total. The molecule has 0 atom stereocenters. The first-order valence-corrected chi connectivity index (χ1v) is 9.36. The lowest BCUT2D eigenvalue weighted by atomic mass is 10.1. The van der Waals surface area contributed by atoms with Crippen LogP contribution in [-0.4, -0.2) is 74.9 Å². The fraction of sp³-hybridized carbons (Fsp3) is 0.944. The molecule has 0 radical (unpaired) electrons. The van der Waals surface area contributed by atoms with Crippen molar-refractivity contribution < 1.29 is 4.74 Å². The van der Waals surface area contributed by atoms with Crippen molar-refractivity contribution in [2.24, 2.45) is 4.99 Å². The van der Waals surface area contributed by atoms with Crippen LogP contribution in [0.4, 0.5) is 0 Å². The van der Waals surface area contributed by atoms with Crippen LogP contribution in [0, 0.1) is 0 Å². The number of piperidine rings is 1. The van der Waals surface area contributed by atoms with Crippen molar-refractivity contribution in [2.45, 2.75) is 65.1 Å². The van der Waals surface area contributed by atoms with Gasteiger partial charge in [-0.3, -0.25) is 4.99 Å². The van der Waals surface area contributed by atoms with Gasteiger partial charge < -0.3 is 25.6 Å². The second kappa shape index (κ2) is 10.9. The molecule has 3 N–H and O–H groups in total. The molecule has 0 aromatic heterocycles. The Balaban J connectivity index is 2.17. The molecule has 0 spiro atoms. The van der Waals surface area contributed by atoms with Gasteiger partial charge in [0.25, 0.3) is 0 Å². The minimum absolute atomic E-state index is 0.157. The Bertz CT molecular complexity index is 357. The zero-order valence-electron chi connectivity index (χ0n) is 16.6. The van der Waals surface area contributed by atoms with Crippen LogP contribution < -0.4 is 16.0 Å². The van der Waals surface area contributed by atoms with Gasteiger partial charge in [0.2, 0.25) is 0 Å². The van der Waals surface area contributed by atoms with Gasteiger partial charge in [-0.25, -0.2) is 0 Å². The molecule has 1 aliphatic heterocycles. The third-order valence-corrected chi connectivity index (χ3v) is 4.08. The molecule has 0 saturated carbocycles. The van der Waals surface area contributed by atoms with Gasteiger partial charge in [0.05, 0.1) is 12.7 Å². The minimum Gasteiger partial charge on any atom is -0.377 e. The number of guanidine groups is 1. The lowest BCUT2D eigenvalue weighted by Crippen LogP contribution is -2.50. The highest BCUT2D eigenvalue weighted by Crippen LogP contribution is 2.10. The number of ether oxygens (including phenoxy) is 1. The smallest absolute Gasteiger partial charge is 0.191 e. The largest absolute Gasteiger partial charge is 0.377 e. The summed E-state index contributed by atoms with van der Waals surface area (Å²) in [6, 6.07) is 0.508. The number of rotatable bonds is 8. The van der Waals surface area contributed by atoms with Crippen molar-refractivity contribution in [2.75, 3.05) is 46.4 Å². The first-order chi connectivity index (χ1) is 11.3. The molecule has 0 bridgehead atoms. The lowest BCUT2D eigenvalue weighted by Gasteiger charge is -2.33. The summed E-state index contributed by atoms with van der Waals surface area (Å²) in [6.45, 7) is 16.7. The predicted molar refractivity (Wildman–Crippen MR) is 103 cm³/mol. The monoisotopic (exact) mass is 341 g/mol. The highest BCUT2D eigenvalue weighted by molar-refractivity contribution is 5.79. The third kappa shape index (κ3) is 10.1. The van der Waals surface area contributed by atoms with Crippen LogP contribution in [0.3, 0.4) is 0 Å². The zero-order chi connectivity index (χ0) is 18.0. The maximum atomic E-state index is 5.64. The van der Waals surface area contributed by atoms with Crippen molar-refractivity contribution in [3.8, 4) is 0 Å². The first kappa shape index (κ1) is 21.2. The quantitative estimate of drug-likeness (QED) is 0.354. The van der Waals surface area contributed by atoms with Crippen molar-refractivity contribution in [1.82, 2.24) is 20.9 Å². The van der Waals surface area contributed by atoms with E-state index in [9.17, 15) is 0 Å². The van der Waals surface area contributed by atoms with Crippen molar-refractivity contribution >= 4 is 5.96 Å². The van der Waals surface area contributed by atoms with E-state index in [-0.39, 0.29) is 5.54 Å². The lowest BCUT2D eigenvalue weighted by molar-refractivity contribution is 0.0532. The van der Waals surface area contributed by atoms with E-state index in [4.69, 9.17) is 4.74 Å². The van der Waals surface area contributed by atoms with E-state index in [0.29, 0.717) is 12.1 Å². The van der Waals surface area contributed by atoms with Gasteiger partial charge in [0.1, 0.15) is 0 Å². The standard InChI is InChI=1S/C18H39N5O/c1-15(2)24-14-13-23-11-7-16(8-12-23)22-17(19-6)20-9-10-21-18(3,4)5/h15-16,21H,7-14H2,1-6H3,(H2,19,20,22). The Hall–Kier alpha value is -0.850. The Labute approximate surface area is 148 Å². The summed E-state index contributed by atoms with van der Waals surface area (Å²) < 4.78 is 5.64. The Morgan fingerprint density at radius 3 is 2.42 bits per heavy atom. The summed E-state index contributed by atoms with van der Waals surface area (Å²) in [4.78, 5) is 6.83. The van der Waals surface area contributed by atoms with Crippen molar-refractivity contribution in [3.05, 3.63) is 0 Å². The average molecular weight is 342 g/mol. The van der Waals surface area contributed by atoms with Gasteiger partial charge in [-0.2, -0.15) is 0 Å². The van der Waals surface area contributed by atoms with E-state index in [1.54, 1.807) is 0 Å². The number of nitrogens with zero attached hydrogens (tertiary/aromatic N) is 2. The molecule has 6 heteroatoms. The van der Waals surface area contributed by atoms with Gasteiger partial charge in [-0.05, 0) is 47.5 Å². The van der Waals surface area contributed by atoms with Crippen LogP contribution in [0.5, 0.6) is 0 Å². The van der Waals surface area contributed by atoms with Gasteiger partial charge in [-0.15, -0.1) is 0 Å². The Morgan fingerprint density at radius 2 is 1.88 bits per heavy atom. The molecule has 1 rings (SSSR count). The zero-order valence-corrected chi connectivity index (χ0v) is 16.6. The molecule has 142 valence electrons. The van der Waals surface area contributed by atoms with Crippen LogP contribution in [0.1, 0.15) is 47.5 Å². The molecular weight excluding hydrogens is 302 g/mol. The Kier molecular flexibility index (Phi) is 9.63. The molecule has 0 amide bonds. The van der Waals surface area contributed by atoms with E-state index in [1.807, 2.05) is 7.05 Å².